The summed E-state index contributed by atoms with van der Waals surface area (Å²) in [7, 11) is 0. The van der Waals surface area contributed by atoms with E-state index in [0.29, 0.717) is 47.2 Å². The van der Waals surface area contributed by atoms with Crippen LogP contribution in [0, 0.1) is 11.6 Å². The lowest BCUT2D eigenvalue weighted by Gasteiger charge is -2.34. The van der Waals surface area contributed by atoms with Crippen LogP contribution >= 0.6 is 11.6 Å². The smallest absolute Gasteiger partial charge is 0.246 e. The summed E-state index contributed by atoms with van der Waals surface area (Å²) >= 11 is 6.28. The Morgan fingerprint density at radius 3 is 2.81 bits per heavy atom. The molecule has 2 aromatic carbocycles. The molecule has 0 radical (unpaired) electrons. The predicted molar refractivity (Wildman–Crippen MR) is 136 cm³/mol. The van der Waals surface area contributed by atoms with Crippen LogP contribution in [-0.4, -0.2) is 50.9 Å². The molecule has 4 aromatic rings. The number of benzene rings is 2. The standard InChI is InChI=1S/C27H22ClF2N5O/c1-2-20(36)35-11-4-9-27(35)10-12-34(14-27)26-18-13-31-24(23(30)25(18)32-15-33-26)17-6-3-5-16-7-8-19(29)22(28)21(16)17/h2-3,5-8,13,15H,1,4,9-12,14H2. The molecule has 182 valence electrons. The number of pyridine rings is 1. The summed E-state index contributed by atoms with van der Waals surface area (Å²) in [6, 6.07) is 8.10. The van der Waals surface area contributed by atoms with Crippen LogP contribution in [0.2, 0.25) is 5.02 Å². The topological polar surface area (TPSA) is 62.2 Å². The summed E-state index contributed by atoms with van der Waals surface area (Å²) in [6.07, 6.45) is 6.90. The second kappa shape index (κ2) is 8.48. The first kappa shape index (κ1) is 22.8. The van der Waals surface area contributed by atoms with Gasteiger partial charge in [-0.1, -0.05) is 42.4 Å². The Morgan fingerprint density at radius 1 is 1.11 bits per heavy atom. The van der Waals surface area contributed by atoms with E-state index in [4.69, 9.17) is 11.6 Å². The van der Waals surface area contributed by atoms with Gasteiger partial charge < -0.3 is 9.80 Å². The quantitative estimate of drug-likeness (QED) is 0.342. The second-order valence-corrected chi connectivity index (χ2v) is 9.72. The molecule has 2 fully saturated rings. The second-order valence-electron chi connectivity index (χ2n) is 9.34. The average Bonchev–Trinajstić information content (AvgIpc) is 3.52. The molecule has 2 aliphatic heterocycles. The van der Waals surface area contributed by atoms with Gasteiger partial charge in [0.15, 0.2) is 5.82 Å². The minimum Gasteiger partial charge on any atom is -0.354 e. The molecule has 6 nitrogen and oxygen atoms in total. The number of halogens is 3. The van der Waals surface area contributed by atoms with E-state index in [2.05, 4.69) is 26.4 Å². The van der Waals surface area contributed by atoms with Crippen molar-refractivity contribution in [1.82, 2.24) is 19.9 Å². The first-order valence-electron chi connectivity index (χ1n) is 11.8. The summed E-state index contributed by atoms with van der Waals surface area (Å²) in [5.41, 5.74) is 0.280. The number of hydrogen-bond acceptors (Lipinski definition) is 5. The maximum atomic E-state index is 15.9. The Balaban J connectivity index is 1.43. The van der Waals surface area contributed by atoms with Crippen molar-refractivity contribution in [2.24, 2.45) is 0 Å². The molecular formula is C27H22ClF2N5O. The third-order valence-corrected chi connectivity index (χ3v) is 7.83. The first-order valence-corrected chi connectivity index (χ1v) is 12.2. The van der Waals surface area contributed by atoms with Crippen molar-refractivity contribution in [1.29, 1.82) is 0 Å². The molecule has 9 heteroatoms. The molecule has 0 N–H and O–H groups in total. The van der Waals surface area contributed by atoms with Crippen LogP contribution in [0.3, 0.4) is 0 Å². The fraction of sp³-hybridized carbons (Fsp3) is 0.259. The zero-order chi connectivity index (χ0) is 25.0. The van der Waals surface area contributed by atoms with Crippen LogP contribution in [0.4, 0.5) is 14.6 Å². The van der Waals surface area contributed by atoms with E-state index in [1.807, 2.05) is 4.90 Å². The molecule has 2 aromatic heterocycles. The summed E-state index contributed by atoms with van der Waals surface area (Å²) in [6.45, 7) is 5.62. The molecule has 2 aliphatic rings. The molecule has 4 heterocycles. The summed E-state index contributed by atoms with van der Waals surface area (Å²) < 4.78 is 30.2. The molecule has 1 atom stereocenters. The van der Waals surface area contributed by atoms with Gasteiger partial charge in [-0.2, -0.15) is 0 Å². The van der Waals surface area contributed by atoms with Crippen LogP contribution in [0.1, 0.15) is 19.3 Å². The van der Waals surface area contributed by atoms with Gasteiger partial charge in [0.1, 0.15) is 29.2 Å². The first-order chi connectivity index (χ1) is 17.4. The van der Waals surface area contributed by atoms with Crippen LogP contribution < -0.4 is 4.90 Å². The molecule has 0 bridgehead atoms. The maximum absolute atomic E-state index is 15.9. The minimum absolute atomic E-state index is 0.0432. The van der Waals surface area contributed by atoms with Gasteiger partial charge in [-0.05, 0) is 36.8 Å². The zero-order valence-corrected chi connectivity index (χ0v) is 20.1. The number of hydrogen-bond donors (Lipinski definition) is 0. The molecule has 36 heavy (non-hydrogen) atoms. The van der Waals surface area contributed by atoms with E-state index >= 15 is 4.39 Å². The largest absolute Gasteiger partial charge is 0.354 e. The van der Waals surface area contributed by atoms with Crippen molar-refractivity contribution in [3.8, 4) is 11.3 Å². The third-order valence-electron chi connectivity index (χ3n) is 7.46. The molecule has 1 unspecified atom stereocenters. The van der Waals surface area contributed by atoms with Crippen LogP contribution in [0.25, 0.3) is 32.9 Å². The van der Waals surface area contributed by atoms with Crippen LogP contribution in [0.5, 0.6) is 0 Å². The summed E-state index contributed by atoms with van der Waals surface area (Å²) in [5.74, 6) is -0.692. The molecular weight excluding hydrogens is 484 g/mol. The minimum atomic E-state index is -0.623. The lowest BCUT2D eigenvalue weighted by Crippen LogP contribution is -2.48. The number of rotatable bonds is 3. The summed E-state index contributed by atoms with van der Waals surface area (Å²) in [4.78, 5) is 29.6. The van der Waals surface area contributed by atoms with Gasteiger partial charge in [0.05, 0.1) is 15.9 Å². The average molecular weight is 506 g/mol. The fourth-order valence-electron chi connectivity index (χ4n) is 5.78. The van der Waals surface area contributed by atoms with Crippen molar-refractivity contribution in [2.75, 3.05) is 24.5 Å². The number of fused-ring (bicyclic) bond motifs is 2. The summed E-state index contributed by atoms with van der Waals surface area (Å²) in [5, 5.41) is 1.48. The van der Waals surface area contributed by atoms with Crippen molar-refractivity contribution < 1.29 is 13.6 Å². The number of amides is 1. The van der Waals surface area contributed by atoms with Gasteiger partial charge in [0, 0.05) is 36.8 Å². The monoisotopic (exact) mass is 505 g/mol. The normalized spacial score (nSPS) is 19.6. The zero-order valence-electron chi connectivity index (χ0n) is 19.3. The van der Waals surface area contributed by atoms with Crippen molar-refractivity contribution in [3.63, 3.8) is 0 Å². The Bertz CT molecular complexity index is 1560. The molecule has 0 aliphatic carbocycles. The van der Waals surface area contributed by atoms with E-state index in [-0.39, 0.29) is 27.7 Å². The molecule has 1 amide bonds. The highest BCUT2D eigenvalue weighted by Gasteiger charge is 2.48. The molecule has 0 saturated carbocycles. The number of likely N-dealkylation sites (tertiary alicyclic amines) is 1. The van der Waals surface area contributed by atoms with Gasteiger partial charge in [0.2, 0.25) is 5.91 Å². The fourth-order valence-corrected chi connectivity index (χ4v) is 6.05. The third kappa shape index (κ3) is 3.35. The van der Waals surface area contributed by atoms with Gasteiger partial charge in [-0.3, -0.25) is 9.78 Å². The lowest BCUT2D eigenvalue weighted by atomic mass is 9.95. The van der Waals surface area contributed by atoms with E-state index in [1.54, 1.807) is 30.5 Å². The van der Waals surface area contributed by atoms with Gasteiger partial charge in [-0.25, -0.2) is 18.7 Å². The van der Waals surface area contributed by atoms with Crippen molar-refractivity contribution in [3.05, 3.63) is 72.2 Å². The molecule has 1 spiro atoms. The number of anilines is 1. The van der Waals surface area contributed by atoms with E-state index in [0.717, 1.165) is 19.3 Å². The van der Waals surface area contributed by atoms with Crippen molar-refractivity contribution >= 4 is 45.0 Å². The number of aromatic nitrogens is 3. The van der Waals surface area contributed by atoms with Gasteiger partial charge in [-0.15, -0.1) is 0 Å². The maximum Gasteiger partial charge on any atom is 0.246 e. The van der Waals surface area contributed by atoms with E-state index < -0.39 is 11.6 Å². The molecule has 2 saturated heterocycles. The van der Waals surface area contributed by atoms with E-state index in [9.17, 15) is 9.18 Å². The molecule has 6 rings (SSSR count). The Kier molecular flexibility index (Phi) is 5.37. The Morgan fingerprint density at radius 2 is 1.97 bits per heavy atom. The van der Waals surface area contributed by atoms with E-state index in [1.165, 1.54) is 18.5 Å². The lowest BCUT2D eigenvalue weighted by molar-refractivity contribution is -0.129. The Hall–Kier alpha value is -3.65. The van der Waals surface area contributed by atoms with Crippen molar-refractivity contribution in [2.45, 2.75) is 24.8 Å². The number of carbonyl (C=O) groups is 1. The van der Waals surface area contributed by atoms with Crippen LogP contribution in [-0.2, 0) is 4.79 Å². The SMILES string of the molecule is C=CC(=O)N1CCCC12CCN(c1ncnc3c(F)c(-c4cccc5ccc(F)c(Cl)c45)ncc13)C2. The van der Waals surface area contributed by atoms with Gasteiger partial charge in [0.25, 0.3) is 0 Å². The van der Waals surface area contributed by atoms with Gasteiger partial charge >= 0.3 is 0 Å². The highest BCUT2D eigenvalue weighted by Crippen LogP contribution is 2.41. The number of carbonyl (C=O) groups excluding carboxylic acids is 1. The highest BCUT2D eigenvalue weighted by atomic mass is 35.5. The highest BCUT2D eigenvalue weighted by molar-refractivity contribution is 6.36. The Labute approximate surface area is 211 Å². The van der Waals surface area contributed by atoms with Crippen LogP contribution in [0.15, 0.2) is 55.5 Å². The number of nitrogens with zero attached hydrogens (tertiary/aromatic N) is 5. The predicted octanol–water partition coefficient (Wildman–Crippen LogP) is 5.53.